The summed E-state index contributed by atoms with van der Waals surface area (Å²) < 4.78 is 1.23. The van der Waals surface area contributed by atoms with Gasteiger partial charge in [0.15, 0.2) is 0 Å². The van der Waals surface area contributed by atoms with Crippen LogP contribution in [0.1, 0.15) is 42.7 Å². The number of hydrogen-bond acceptors (Lipinski definition) is 3. The van der Waals surface area contributed by atoms with E-state index in [2.05, 4.69) is 52.2 Å². The quantitative estimate of drug-likeness (QED) is 0.568. The number of halogens is 1. The van der Waals surface area contributed by atoms with E-state index in [1.807, 2.05) is 23.1 Å². The van der Waals surface area contributed by atoms with Crippen LogP contribution in [0.5, 0.6) is 0 Å². The summed E-state index contributed by atoms with van der Waals surface area (Å²) in [5, 5.41) is 0.537. The van der Waals surface area contributed by atoms with E-state index in [9.17, 15) is 0 Å². The molecule has 0 saturated carbocycles. The van der Waals surface area contributed by atoms with Crippen molar-refractivity contribution in [2.45, 2.75) is 37.9 Å². The molecule has 2 aliphatic heterocycles. The van der Waals surface area contributed by atoms with Crippen LogP contribution in [0.4, 0.5) is 0 Å². The molecule has 0 N–H and O–H groups in total. The highest BCUT2D eigenvalue weighted by Gasteiger charge is 2.29. The Labute approximate surface area is 138 Å². The molecule has 0 amide bonds. The minimum Gasteiger partial charge on any atom is -0.372 e. The van der Waals surface area contributed by atoms with Crippen molar-refractivity contribution >= 4 is 39.0 Å². The number of unbranched alkanes of at least 4 members (excludes halogenated alkanes) is 3. The van der Waals surface area contributed by atoms with Crippen molar-refractivity contribution in [3.05, 3.63) is 43.6 Å². The summed E-state index contributed by atoms with van der Waals surface area (Å²) in [4.78, 5) is 5.44. The fourth-order valence-electron chi connectivity index (χ4n) is 2.69. The molecule has 1 unspecified atom stereocenters. The lowest BCUT2D eigenvalue weighted by molar-refractivity contribution is 0.405. The first-order chi connectivity index (χ1) is 9.76. The largest absolute Gasteiger partial charge is 0.372 e. The van der Waals surface area contributed by atoms with Crippen LogP contribution < -0.4 is 0 Å². The molecule has 2 aliphatic rings. The lowest BCUT2D eigenvalue weighted by Gasteiger charge is -2.15. The predicted molar refractivity (Wildman–Crippen MR) is 94.2 cm³/mol. The second-order valence-electron chi connectivity index (χ2n) is 5.40. The molecule has 20 heavy (non-hydrogen) atoms. The molecule has 0 aliphatic carbocycles. The molecule has 3 rings (SSSR count). The predicted octanol–water partition coefficient (Wildman–Crippen LogP) is 5.96. The highest BCUT2D eigenvalue weighted by atomic mass is 79.9. The Kier molecular flexibility index (Phi) is 4.95. The van der Waals surface area contributed by atoms with Crippen LogP contribution in [0.15, 0.2) is 38.7 Å². The standard InChI is InChI=1S/C16H20BrNS2/c1-2-3-4-5-8-18-10-12-9-14(19-15(12)11-18)13-6-7-16(17)20-13/h6-7,9,11,14H,2-5,8,10H2,1H3. The molecule has 0 saturated heterocycles. The third kappa shape index (κ3) is 3.34. The van der Waals surface area contributed by atoms with Gasteiger partial charge in [-0.1, -0.05) is 32.3 Å². The average molecular weight is 370 g/mol. The smallest absolute Gasteiger partial charge is 0.0701 e. The van der Waals surface area contributed by atoms with Gasteiger partial charge in [-0.25, -0.2) is 0 Å². The summed E-state index contributed by atoms with van der Waals surface area (Å²) in [6, 6.07) is 4.40. The SMILES string of the molecule is CCCCCCN1C=C2SC(c3ccc(Br)s3)C=C2C1. The van der Waals surface area contributed by atoms with E-state index >= 15 is 0 Å². The van der Waals surface area contributed by atoms with Gasteiger partial charge in [0.05, 0.1) is 9.04 Å². The number of thioether (sulfide) groups is 1. The topological polar surface area (TPSA) is 3.24 Å². The van der Waals surface area contributed by atoms with Crippen molar-refractivity contribution in [3.8, 4) is 0 Å². The minimum atomic E-state index is 0.537. The average Bonchev–Trinajstić information content (AvgIpc) is 3.08. The summed E-state index contributed by atoms with van der Waals surface area (Å²) in [6.45, 7) is 4.61. The summed E-state index contributed by atoms with van der Waals surface area (Å²) >= 11 is 7.42. The molecule has 1 aromatic rings. The van der Waals surface area contributed by atoms with Gasteiger partial charge in [-0.2, -0.15) is 0 Å². The summed E-state index contributed by atoms with van der Waals surface area (Å²) in [6.07, 6.45) is 10.2. The minimum absolute atomic E-state index is 0.537. The van der Waals surface area contributed by atoms with E-state index < -0.39 is 0 Å². The van der Waals surface area contributed by atoms with E-state index in [4.69, 9.17) is 0 Å². The van der Waals surface area contributed by atoms with E-state index in [-0.39, 0.29) is 0 Å². The van der Waals surface area contributed by atoms with Crippen molar-refractivity contribution in [2.24, 2.45) is 0 Å². The monoisotopic (exact) mass is 369 g/mol. The van der Waals surface area contributed by atoms with Crippen LogP contribution in [-0.4, -0.2) is 18.0 Å². The number of thiophene rings is 1. The van der Waals surface area contributed by atoms with Gasteiger partial charge in [0, 0.05) is 29.1 Å². The van der Waals surface area contributed by atoms with Crippen LogP contribution in [-0.2, 0) is 0 Å². The van der Waals surface area contributed by atoms with Crippen molar-refractivity contribution in [2.75, 3.05) is 13.1 Å². The lowest BCUT2D eigenvalue weighted by atomic mass is 10.2. The van der Waals surface area contributed by atoms with Crippen LogP contribution in [0.2, 0.25) is 0 Å². The molecule has 1 atom stereocenters. The Hall–Kier alpha value is -0.190. The van der Waals surface area contributed by atoms with E-state index in [1.54, 1.807) is 5.57 Å². The second-order valence-corrected chi connectivity index (χ2v) is 9.07. The molecule has 1 aromatic heterocycles. The number of hydrogen-bond donors (Lipinski definition) is 0. The molecule has 0 spiro atoms. The molecular weight excluding hydrogens is 350 g/mol. The first-order valence-electron chi connectivity index (χ1n) is 7.35. The van der Waals surface area contributed by atoms with Gasteiger partial charge >= 0.3 is 0 Å². The maximum Gasteiger partial charge on any atom is 0.0701 e. The first-order valence-corrected chi connectivity index (χ1v) is 9.84. The third-order valence-electron chi connectivity index (χ3n) is 3.77. The molecule has 108 valence electrons. The number of nitrogens with zero attached hydrogens (tertiary/aromatic N) is 1. The van der Waals surface area contributed by atoms with Gasteiger partial charge in [0.1, 0.15) is 0 Å². The normalized spacial score (nSPS) is 21.1. The Morgan fingerprint density at radius 3 is 2.90 bits per heavy atom. The molecular formula is C16H20BrNS2. The van der Waals surface area contributed by atoms with Crippen molar-refractivity contribution in [1.82, 2.24) is 4.90 Å². The molecule has 0 aromatic carbocycles. The highest BCUT2D eigenvalue weighted by Crippen LogP contribution is 2.50. The molecule has 0 bridgehead atoms. The zero-order valence-corrected chi connectivity index (χ0v) is 15.0. The van der Waals surface area contributed by atoms with Gasteiger partial charge in [0.25, 0.3) is 0 Å². The van der Waals surface area contributed by atoms with E-state index in [0.717, 1.165) is 6.54 Å². The fraction of sp³-hybridized carbons (Fsp3) is 0.500. The Bertz CT molecular complexity index is 532. The Morgan fingerprint density at radius 2 is 2.20 bits per heavy atom. The van der Waals surface area contributed by atoms with Gasteiger partial charge in [0.2, 0.25) is 0 Å². The van der Waals surface area contributed by atoms with Gasteiger partial charge in [-0.05, 0) is 40.1 Å². The number of rotatable bonds is 6. The van der Waals surface area contributed by atoms with Gasteiger partial charge < -0.3 is 4.90 Å². The molecule has 3 heterocycles. The Balaban J connectivity index is 1.54. The Morgan fingerprint density at radius 1 is 1.30 bits per heavy atom. The highest BCUT2D eigenvalue weighted by molar-refractivity contribution is 9.11. The van der Waals surface area contributed by atoms with Crippen molar-refractivity contribution in [1.29, 1.82) is 0 Å². The molecule has 0 fully saturated rings. The zero-order valence-electron chi connectivity index (χ0n) is 11.8. The number of fused-ring (bicyclic) bond motifs is 1. The fourth-order valence-corrected chi connectivity index (χ4v) is 5.55. The summed E-state index contributed by atoms with van der Waals surface area (Å²) in [5.74, 6) is 0. The van der Waals surface area contributed by atoms with Crippen LogP contribution in [0.3, 0.4) is 0 Å². The molecule has 1 nitrogen and oxygen atoms in total. The molecule has 4 heteroatoms. The maximum absolute atomic E-state index is 3.56. The van der Waals surface area contributed by atoms with Crippen molar-refractivity contribution < 1.29 is 0 Å². The van der Waals surface area contributed by atoms with Crippen LogP contribution >= 0.6 is 39.0 Å². The van der Waals surface area contributed by atoms with E-state index in [0.29, 0.717) is 5.25 Å². The van der Waals surface area contributed by atoms with Gasteiger partial charge in [-0.3, -0.25) is 0 Å². The summed E-state index contributed by atoms with van der Waals surface area (Å²) in [7, 11) is 0. The van der Waals surface area contributed by atoms with Crippen LogP contribution in [0, 0.1) is 0 Å². The summed E-state index contributed by atoms with van der Waals surface area (Å²) in [5.41, 5.74) is 1.54. The maximum atomic E-state index is 3.56. The molecule has 0 radical (unpaired) electrons. The lowest BCUT2D eigenvalue weighted by Crippen LogP contribution is -2.16. The van der Waals surface area contributed by atoms with Crippen molar-refractivity contribution in [3.63, 3.8) is 0 Å². The van der Waals surface area contributed by atoms with Crippen LogP contribution in [0.25, 0.3) is 0 Å². The third-order valence-corrected chi connectivity index (χ3v) is 6.89. The van der Waals surface area contributed by atoms with Gasteiger partial charge in [-0.15, -0.1) is 23.1 Å². The first kappa shape index (κ1) is 14.7. The second kappa shape index (κ2) is 6.71. The zero-order chi connectivity index (χ0) is 13.9. The van der Waals surface area contributed by atoms with E-state index in [1.165, 1.54) is 45.8 Å².